The number of rotatable bonds is 6. The number of aryl methyl sites for hydroxylation is 1. The van der Waals surface area contributed by atoms with Gasteiger partial charge in [0.2, 0.25) is 5.91 Å². The zero-order valence-corrected chi connectivity index (χ0v) is 21.0. The first-order valence-electron chi connectivity index (χ1n) is 12.5. The Bertz CT molecular complexity index is 1200. The van der Waals surface area contributed by atoms with E-state index in [2.05, 4.69) is 36.1 Å². The first kappa shape index (κ1) is 23.8. The van der Waals surface area contributed by atoms with Crippen molar-refractivity contribution in [2.24, 2.45) is 5.92 Å². The summed E-state index contributed by atoms with van der Waals surface area (Å²) in [4.78, 5) is 31.3. The highest BCUT2D eigenvalue weighted by atomic mass is 32.1. The van der Waals surface area contributed by atoms with Gasteiger partial charge in [-0.05, 0) is 42.9 Å². The first-order chi connectivity index (χ1) is 17.0. The maximum atomic E-state index is 13.7. The molecule has 1 aliphatic carbocycles. The Balaban J connectivity index is 1.50. The van der Waals surface area contributed by atoms with Crippen molar-refractivity contribution in [2.75, 3.05) is 18.0 Å². The van der Waals surface area contributed by atoms with Crippen molar-refractivity contribution in [1.82, 2.24) is 4.90 Å². The van der Waals surface area contributed by atoms with Crippen molar-refractivity contribution in [3.63, 3.8) is 0 Å². The number of hydrogen-bond acceptors (Lipinski definition) is 4. The first-order valence-corrected chi connectivity index (χ1v) is 13.3. The Kier molecular flexibility index (Phi) is 7.02. The third kappa shape index (κ3) is 5.19. The summed E-state index contributed by atoms with van der Waals surface area (Å²) in [5.41, 5.74) is 3.97. The van der Waals surface area contributed by atoms with Crippen LogP contribution in [0.25, 0.3) is 10.4 Å². The number of amides is 1. The van der Waals surface area contributed by atoms with Crippen molar-refractivity contribution < 1.29 is 14.7 Å². The van der Waals surface area contributed by atoms with Gasteiger partial charge in [-0.15, -0.1) is 11.3 Å². The fourth-order valence-corrected chi connectivity index (χ4v) is 6.70. The van der Waals surface area contributed by atoms with E-state index >= 15 is 0 Å². The maximum Gasteiger partial charge on any atom is 0.348 e. The van der Waals surface area contributed by atoms with E-state index < -0.39 is 5.97 Å². The van der Waals surface area contributed by atoms with Gasteiger partial charge in [0.15, 0.2) is 0 Å². The van der Waals surface area contributed by atoms with Crippen molar-refractivity contribution >= 4 is 28.9 Å². The number of thiophene rings is 1. The van der Waals surface area contributed by atoms with Gasteiger partial charge in [0.1, 0.15) is 4.88 Å². The molecule has 0 radical (unpaired) electrons. The summed E-state index contributed by atoms with van der Waals surface area (Å²) in [6.07, 6.45) is 5.76. The van der Waals surface area contributed by atoms with E-state index in [9.17, 15) is 14.7 Å². The molecule has 1 saturated carbocycles. The Morgan fingerprint density at radius 1 is 1.03 bits per heavy atom. The molecular formula is C29H32N2O3S. The summed E-state index contributed by atoms with van der Waals surface area (Å²) in [6, 6.07) is 20.2. The molecule has 2 aromatic carbocycles. The van der Waals surface area contributed by atoms with Gasteiger partial charge in [-0.25, -0.2) is 4.79 Å². The minimum atomic E-state index is -0.968. The number of carbonyl (C=O) groups is 2. The average molecular weight is 489 g/mol. The molecule has 5 rings (SSSR count). The smallest absolute Gasteiger partial charge is 0.348 e. The molecule has 2 fully saturated rings. The zero-order chi connectivity index (χ0) is 24.4. The van der Waals surface area contributed by atoms with E-state index in [1.165, 1.54) is 41.7 Å². The lowest BCUT2D eigenvalue weighted by molar-refractivity contribution is -0.123. The SMILES string of the molecule is Cc1cccc(CN2CC(=O)N(c3cc(-c4ccccc4)sc3C(=O)O)[C@H](C3CCCCC3)C2)c1. The molecule has 0 bridgehead atoms. The Labute approximate surface area is 211 Å². The monoisotopic (exact) mass is 488 g/mol. The molecule has 6 heteroatoms. The van der Waals surface area contributed by atoms with Crippen LogP contribution in [0.4, 0.5) is 5.69 Å². The molecular weight excluding hydrogens is 456 g/mol. The molecule has 0 unspecified atom stereocenters. The van der Waals surface area contributed by atoms with E-state index in [1.807, 2.05) is 41.3 Å². The Hall–Kier alpha value is -2.96. The highest BCUT2D eigenvalue weighted by molar-refractivity contribution is 7.18. The molecule has 2 heterocycles. The Morgan fingerprint density at radius 3 is 2.51 bits per heavy atom. The van der Waals surface area contributed by atoms with Crippen LogP contribution in [0.5, 0.6) is 0 Å². The maximum absolute atomic E-state index is 13.7. The van der Waals surface area contributed by atoms with Crippen LogP contribution in [0.15, 0.2) is 60.7 Å². The molecule has 3 aromatic rings. The summed E-state index contributed by atoms with van der Waals surface area (Å²) in [5, 5.41) is 10.1. The van der Waals surface area contributed by atoms with Gasteiger partial charge in [-0.1, -0.05) is 79.4 Å². The van der Waals surface area contributed by atoms with Gasteiger partial charge >= 0.3 is 5.97 Å². The number of carbonyl (C=O) groups excluding carboxylic acids is 1. The molecule has 1 N–H and O–H groups in total. The number of carboxylic acid groups (broad SMARTS) is 1. The second kappa shape index (κ2) is 10.3. The largest absolute Gasteiger partial charge is 0.477 e. The molecule has 35 heavy (non-hydrogen) atoms. The van der Waals surface area contributed by atoms with E-state index in [1.54, 1.807) is 0 Å². The standard InChI is InChI=1S/C29H32N2O3S/c1-20-9-8-10-21(15-20)17-30-18-25(22-11-4-2-5-12-22)31(27(32)19-30)24-16-26(35-28(24)29(33)34)23-13-6-3-7-14-23/h3,6-10,13-16,22,25H,2,4-5,11-12,17-19H2,1H3,(H,33,34)/t25-/m0/s1. The van der Waals surface area contributed by atoms with E-state index in [-0.39, 0.29) is 16.8 Å². The van der Waals surface area contributed by atoms with Crippen LogP contribution in [0.3, 0.4) is 0 Å². The van der Waals surface area contributed by atoms with Crippen LogP contribution in [-0.2, 0) is 11.3 Å². The molecule has 1 aromatic heterocycles. The number of nitrogens with zero attached hydrogens (tertiary/aromatic N) is 2. The number of piperazine rings is 1. The summed E-state index contributed by atoms with van der Waals surface area (Å²) in [6.45, 7) is 3.88. The number of aromatic carboxylic acids is 1. The number of anilines is 1. The fraction of sp³-hybridized carbons (Fsp3) is 0.379. The lowest BCUT2D eigenvalue weighted by Gasteiger charge is -2.45. The van der Waals surface area contributed by atoms with Crippen LogP contribution in [-0.4, -0.2) is 41.0 Å². The van der Waals surface area contributed by atoms with Crippen molar-refractivity contribution in [2.45, 2.75) is 51.6 Å². The minimum Gasteiger partial charge on any atom is -0.477 e. The summed E-state index contributed by atoms with van der Waals surface area (Å²) < 4.78 is 0. The van der Waals surface area contributed by atoms with Gasteiger partial charge in [-0.2, -0.15) is 0 Å². The molecule has 0 spiro atoms. The van der Waals surface area contributed by atoms with Crippen molar-refractivity contribution in [3.05, 3.63) is 76.7 Å². The predicted octanol–water partition coefficient (Wildman–Crippen LogP) is 6.22. The molecule has 182 valence electrons. The Morgan fingerprint density at radius 2 is 1.80 bits per heavy atom. The van der Waals surface area contributed by atoms with Gasteiger partial charge in [0.25, 0.3) is 0 Å². The lowest BCUT2D eigenvalue weighted by Crippen LogP contribution is -2.59. The van der Waals surface area contributed by atoms with Crippen molar-refractivity contribution in [3.8, 4) is 10.4 Å². The van der Waals surface area contributed by atoms with Crippen molar-refractivity contribution in [1.29, 1.82) is 0 Å². The number of benzene rings is 2. The van der Waals surface area contributed by atoms with Gasteiger partial charge in [0.05, 0.1) is 18.3 Å². The molecule has 2 aliphatic rings. The minimum absolute atomic E-state index is 0.000566. The highest BCUT2D eigenvalue weighted by Crippen LogP contribution is 2.41. The van der Waals surface area contributed by atoms with E-state index in [0.29, 0.717) is 18.2 Å². The topological polar surface area (TPSA) is 60.9 Å². The third-order valence-corrected chi connectivity index (χ3v) is 8.47. The van der Waals surface area contributed by atoms with Gasteiger partial charge in [0, 0.05) is 18.0 Å². The second-order valence-corrected chi connectivity index (χ2v) is 10.9. The summed E-state index contributed by atoms with van der Waals surface area (Å²) in [5.74, 6) is -0.585. The van der Waals surface area contributed by atoms with Crippen LogP contribution < -0.4 is 4.90 Å². The zero-order valence-electron chi connectivity index (χ0n) is 20.2. The summed E-state index contributed by atoms with van der Waals surface area (Å²) >= 11 is 1.26. The van der Waals surface area contributed by atoms with Crippen LogP contribution >= 0.6 is 11.3 Å². The van der Waals surface area contributed by atoms with E-state index in [4.69, 9.17) is 0 Å². The second-order valence-electron chi connectivity index (χ2n) is 9.88. The van der Waals surface area contributed by atoms with Crippen LogP contribution in [0.1, 0.15) is 52.9 Å². The number of hydrogen-bond donors (Lipinski definition) is 1. The molecule has 1 amide bonds. The molecule has 1 atom stereocenters. The predicted molar refractivity (Wildman–Crippen MR) is 141 cm³/mol. The van der Waals surface area contributed by atoms with E-state index in [0.717, 1.165) is 36.4 Å². The fourth-order valence-electron chi connectivity index (χ4n) is 5.70. The average Bonchev–Trinajstić information content (AvgIpc) is 3.30. The number of carboxylic acids is 1. The lowest BCUT2D eigenvalue weighted by atomic mass is 9.82. The van der Waals surface area contributed by atoms with Gasteiger partial charge in [-0.3, -0.25) is 9.69 Å². The summed E-state index contributed by atoms with van der Waals surface area (Å²) in [7, 11) is 0. The van der Waals surface area contributed by atoms with Gasteiger partial charge < -0.3 is 10.0 Å². The quantitative estimate of drug-likeness (QED) is 0.447. The highest BCUT2D eigenvalue weighted by Gasteiger charge is 2.40. The van der Waals surface area contributed by atoms with Crippen LogP contribution in [0, 0.1) is 12.8 Å². The molecule has 5 nitrogen and oxygen atoms in total. The third-order valence-electron chi connectivity index (χ3n) is 7.31. The molecule has 1 saturated heterocycles. The van der Waals surface area contributed by atoms with Crippen LogP contribution in [0.2, 0.25) is 0 Å². The normalized spacial score (nSPS) is 19.7. The molecule has 1 aliphatic heterocycles.